The highest BCUT2D eigenvalue weighted by Gasteiger charge is 2.34. The van der Waals surface area contributed by atoms with E-state index in [9.17, 15) is 0 Å². The van der Waals surface area contributed by atoms with Crippen LogP contribution >= 0.6 is 0 Å². The first kappa shape index (κ1) is 12.4. The lowest BCUT2D eigenvalue weighted by Gasteiger charge is -2.36. The predicted octanol–water partition coefficient (Wildman–Crippen LogP) is 2.49. The van der Waals surface area contributed by atoms with Crippen LogP contribution in [0.5, 0.6) is 0 Å². The molecule has 0 aromatic carbocycles. The summed E-state index contributed by atoms with van der Waals surface area (Å²) < 4.78 is 0. The molecule has 1 heterocycles. The van der Waals surface area contributed by atoms with E-state index in [1.165, 1.54) is 45.3 Å². The molecule has 0 bridgehead atoms. The molecule has 2 fully saturated rings. The van der Waals surface area contributed by atoms with Crippen LogP contribution in [0.4, 0.5) is 0 Å². The molecule has 0 spiro atoms. The molecule has 94 valence electrons. The quantitative estimate of drug-likeness (QED) is 0.772. The third-order valence-electron chi connectivity index (χ3n) is 4.43. The summed E-state index contributed by atoms with van der Waals surface area (Å²) in [6, 6.07) is 1.69. The fourth-order valence-corrected chi connectivity index (χ4v) is 2.80. The van der Waals surface area contributed by atoms with Gasteiger partial charge in [0.1, 0.15) is 0 Å². The monoisotopic (exact) mass is 224 g/mol. The zero-order valence-corrected chi connectivity index (χ0v) is 11.2. The van der Waals surface area contributed by atoms with Gasteiger partial charge in [-0.15, -0.1) is 0 Å². The number of nitrogens with one attached hydrogen (secondary N) is 1. The molecule has 2 nitrogen and oxygen atoms in total. The SMILES string of the molecule is CC(C)C(C)N(CC1CCNCC1)C1CC1. The lowest BCUT2D eigenvalue weighted by molar-refractivity contribution is 0.123. The van der Waals surface area contributed by atoms with Gasteiger partial charge in [-0.1, -0.05) is 13.8 Å². The van der Waals surface area contributed by atoms with Crippen molar-refractivity contribution >= 4 is 0 Å². The van der Waals surface area contributed by atoms with Crippen molar-refractivity contribution in [3.63, 3.8) is 0 Å². The van der Waals surface area contributed by atoms with Crippen LogP contribution in [0, 0.1) is 11.8 Å². The molecule has 0 amide bonds. The number of rotatable bonds is 5. The summed E-state index contributed by atoms with van der Waals surface area (Å²) in [6.45, 7) is 11.0. The highest BCUT2D eigenvalue weighted by Crippen LogP contribution is 2.32. The number of piperidine rings is 1. The number of hydrogen-bond donors (Lipinski definition) is 1. The van der Waals surface area contributed by atoms with E-state index in [2.05, 4.69) is 31.0 Å². The van der Waals surface area contributed by atoms with Crippen molar-refractivity contribution in [3.8, 4) is 0 Å². The van der Waals surface area contributed by atoms with Crippen LogP contribution in [-0.2, 0) is 0 Å². The molecule has 1 atom stereocenters. The maximum Gasteiger partial charge on any atom is 0.00994 e. The Balaban J connectivity index is 1.86. The molecule has 0 radical (unpaired) electrons. The molecule has 0 aromatic rings. The molecule has 16 heavy (non-hydrogen) atoms. The largest absolute Gasteiger partial charge is 0.317 e. The fourth-order valence-electron chi connectivity index (χ4n) is 2.80. The maximum atomic E-state index is 3.47. The van der Waals surface area contributed by atoms with Crippen molar-refractivity contribution < 1.29 is 0 Å². The second kappa shape index (κ2) is 5.50. The van der Waals surface area contributed by atoms with Gasteiger partial charge in [0, 0.05) is 18.6 Å². The molecule has 1 N–H and O–H groups in total. The Kier molecular flexibility index (Phi) is 4.26. The van der Waals surface area contributed by atoms with Crippen molar-refractivity contribution in [1.29, 1.82) is 0 Å². The second-order valence-electron chi connectivity index (χ2n) is 6.11. The van der Waals surface area contributed by atoms with Crippen molar-refractivity contribution in [1.82, 2.24) is 10.2 Å². The molecular weight excluding hydrogens is 196 g/mol. The van der Waals surface area contributed by atoms with Crippen LogP contribution in [0.15, 0.2) is 0 Å². The topological polar surface area (TPSA) is 15.3 Å². The smallest absolute Gasteiger partial charge is 0.00994 e. The Morgan fingerprint density at radius 2 is 1.69 bits per heavy atom. The third kappa shape index (κ3) is 3.21. The molecule has 1 aliphatic carbocycles. The van der Waals surface area contributed by atoms with Gasteiger partial charge in [-0.3, -0.25) is 4.90 Å². The molecular formula is C14H28N2. The summed E-state index contributed by atoms with van der Waals surface area (Å²) in [5.41, 5.74) is 0. The average Bonchev–Trinajstić information content (AvgIpc) is 3.10. The van der Waals surface area contributed by atoms with Crippen molar-refractivity contribution in [3.05, 3.63) is 0 Å². The summed E-state index contributed by atoms with van der Waals surface area (Å²) in [5.74, 6) is 1.74. The predicted molar refractivity (Wildman–Crippen MR) is 69.6 cm³/mol. The van der Waals surface area contributed by atoms with Gasteiger partial charge in [-0.2, -0.15) is 0 Å². The highest BCUT2D eigenvalue weighted by molar-refractivity contribution is 4.90. The highest BCUT2D eigenvalue weighted by atomic mass is 15.2. The van der Waals surface area contributed by atoms with Gasteiger partial charge in [0.15, 0.2) is 0 Å². The number of hydrogen-bond acceptors (Lipinski definition) is 2. The van der Waals surface area contributed by atoms with E-state index in [1.54, 1.807) is 0 Å². The molecule has 1 unspecified atom stereocenters. The minimum atomic E-state index is 0.766. The first-order chi connectivity index (χ1) is 7.68. The zero-order valence-electron chi connectivity index (χ0n) is 11.2. The van der Waals surface area contributed by atoms with Gasteiger partial charge in [0.2, 0.25) is 0 Å². The Morgan fingerprint density at radius 1 is 1.06 bits per heavy atom. The summed E-state index contributed by atoms with van der Waals surface area (Å²) in [6.07, 6.45) is 5.66. The van der Waals surface area contributed by atoms with Gasteiger partial charge in [-0.05, 0) is 57.5 Å². The minimum Gasteiger partial charge on any atom is -0.317 e. The van der Waals surface area contributed by atoms with Gasteiger partial charge in [0.25, 0.3) is 0 Å². The third-order valence-corrected chi connectivity index (χ3v) is 4.43. The van der Waals surface area contributed by atoms with E-state index in [-0.39, 0.29) is 0 Å². The lowest BCUT2D eigenvalue weighted by Crippen LogP contribution is -2.43. The summed E-state index contributed by atoms with van der Waals surface area (Å²) in [4.78, 5) is 2.81. The van der Waals surface area contributed by atoms with E-state index in [1.807, 2.05) is 0 Å². The lowest BCUT2D eigenvalue weighted by atomic mass is 9.95. The molecule has 1 saturated carbocycles. The second-order valence-corrected chi connectivity index (χ2v) is 6.11. The van der Waals surface area contributed by atoms with Crippen molar-refractivity contribution in [2.24, 2.45) is 11.8 Å². The molecule has 2 aliphatic rings. The summed E-state index contributed by atoms with van der Waals surface area (Å²) in [7, 11) is 0. The van der Waals surface area contributed by atoms with Gasteiger partial charge >= 0.3 is 0 Å². The average molecular weight is 224 g/mol. The molecule has 1 saturated heterocycles. The van der Waals surface area contributed by atoms with Gasteiger partial charge in [0.05, 0.1) is 0 Å². The Labute approximate surface area is 101 Å². The first-order valence-electron chi connectivity index (χ1n) is 7.15. The van der Waals surface area contributed by atoms with Crippen molar-refractivity contribution in [2.45, 2.75) is 58.5 Å². The van der Waals surface area contributed by atoms with Crippen LogP contribution < -0.4 is 5.32 Å². The standard InChI is InChI=1S/C14H28N2/c1-11(2)12(3)16(14-4-5-14)10-13-6-8-15-9-7-13/h11-15H,4-10H2,1-3H3. The normalized spacial score (nSPS) is 25.3. The molecule has 0 aromatic heterocycles. The zero-order chi connectivity index (χ0) is 11.5. The Hall–Kier alpha value is -0.0800. The summed E-state index contributed by atoms with van der Waals surface area (Å²) >= 11 is 0. The maximum absolute atomic E-state index is 3.47. The van der Waals surface area contributed by atoms with Crippen molar-refractivity contribution in [2.75, 3.05) is 19.6 Å². The Bertz CT molecular complexity index is 205. The molecule has 2 heteroatoms. The number of nitrogens with zero attached hydrogens (tertiary/aromatic N) is 1. The van der Waals surface area contributed by atoms with E-state index >= 15 is 0 Å². The van der Waals surface area contributed by atoms with Gasteiger partial charge < -0.3 is 5.32 Å². The van der Waals surface area contributed by atoms with E-state index in [0.29, 0.717) is 0 Å². The van der Waals surface area contributed by atoms with E-state index in [4.69, 9.17) is 0 Å². The van der Waals surface area contributed by atoms with Crippen LogP contribution in [0.1, 0.15) is 46.5 Å². The van der Waals surface area contributed by atoms with Gasteiger partial charge in [-0.25, -0.2) is 0 Å². The van der Waals surface area contributed by atoms with Crippen LogP contribution in [-0.4, -0.2) is 36.6 Å². The summed E-state index contributed by atoms with van der Waals surface area (Å²) in [5, 5.41) is 3.47. The Morgan fingerprint density at radius 3 is 2.19 bits per heavy atom. The molecule has 1 aliphatic heterocycles. The van der Waals surface area contributed by atoms with Crippen LogP contribution in [0.3, 0.4) is 0 Å². The van der Waals surface area contributed by atoms with E-state index in [0.717, 1.165) is 23.9 Å². The van der Waals surface area contributed by atoms with E-state index < -0.39 is 0 Å². The van der Waals surface area contributed by atoms with Crippen LogP contribution in [0.25, 0.3) is 0 Å². The first-order valence-corrected chi connectivity index (χ1v) is 7.15. The van der Waals surface area contributed by atoms with Crippen LogP contribution in [0.2, 0.25) is 0 Å². The fraction of sp³-hybridized carbons (Fsp3) is 1.00. The minimum absolute atomic E-state index is 0.766. The molecule has 2 rings (SSSR count).